The molecule has 2 N–H and O–H groups in total. The summed E-state index contributed by atoms with van der Waals surface area (Å²) in [6.07, 6.45) is 8.17. The van der Waals surface area contributed by atoms with Gasteiger partial charge in [-0.05, 0) is 44.8 Å². The molecule has 1 saturated carbocycles. The van der Waals surface area contributed by atoms with Gasteiger partial charge in [0, 0.05) is 6.04 Å². The van der Waals surface area contributed by atoms with Gasteiger partial charge in [0.15, 0.2) is 0 Å². The van der Waals surface area contributed by atoms with Crippen molar-refractivity contribution >= 4 is 0 Å². The first-order chi connectivity index (χ1) is 7.33. The summed E-state index contributed by atoms with van der Waals surface area (Å²) < 4.78 is 0. The van der Waals surface area contributed by atoms with E-state index in [0.717, 1.165) is 18.5 Å². The molecule has 1 rings (SSSR count). The minimum atomic E-state index is 0.770. The zero-order valence-corrected chi connectivity index (χ0v) is 10.5. The molecule has 1 aliphatic carbocycles. The molecule has 0 aromatic heterocycles. The number of hydrogen-bond acceptors (Lipinski definition) is 2. The molecule has 1 aliphatic rings. The highest BCUT2D eigenvalue weighted by Gasteiger charge is 2.29. The molecule has 2 unspecified atom stereocenters. The lowest BCUT2D eigenvalue weighted by Crippen LogP contribution is -2.40. The van der Waals surface area contributed by atoms with E-state index < -0.39 is 0 Å². The van der Waals surface area contributed by atoms with Crippen LogP contribution in [0.2, 0.25) is 0 Å². The van der Waals surface area contributed by atoms with Crippen molar-refractivity contribution in [2.24, 2.45) is 11.7 Å². The predicted octanol–water partition coefficient (Wildman–Crippen LogP) is 2.63. The van der Waals surface area contributed by atoms with E-state index in [-0.39, 0.29) is 0 Å². The molecule has 90 valence electrons. The SMILES string of the molecule is CCCCCN(CC)C1CCCC1CN. The van der Waals surface area contributed by atoms with Crippen LogP contribution in [-0.4, -0.2) is 30.6 Å². The molecule has 0 saturated heterocycles. The van der Waals surface area contributed by atoms with E-state index in [9.17, 15) is 0 Å². The molecule has 0 heterocycles. The standard InChI is InChI=1S/C13H28N2/c1-3-5-6-10-15(4-2)13-9-7-8-12(13)11-14/h12-13H,3-11,14H2,1-2H3. The van der Waals surface area contributed by atoms with Crippen LogP contribution in [0.4, 0.5) is 0 Å². The summed E-state index contributed by atoms with van der Waals surface area (Å²) in [6.45, 7) is 7.93. The normalized spacial score (nSPS) is 26.4. The van der Waals surface area contributed by atoms with Crippen LogP contribution < -0.4 is 5.73 Å². The Morgan fingerprint density at radius 3 is 2.60 bits per heavy atom. The summed E-state index contributed by atoms with van der Waals surface area (Å²) in [5.74, 6) is 0.770. The summed E-state index contributed by atoms with van der Waals surface area (Å²) in [7, 11) is 0. The number of rotatable bonds is 7. The highest BCUT2D eigenvalue weighted by molar-refractivity contribution is 4.85. The maximum Gasteiger partial charge on any atom is 0.0135 e. The van der Waals surface area contributed by atoms with Gasteiger partial charge in [-0.2, -0.15) is 0 Å². The molecule has 1 fully saturated rings. The number of nitrogens with zero attached hydrogens (tertiary/aromatic N) is 1. The molecule has 0 radical (unpaired) electrons. The van der Waals surface area contributed by atoms with Gasteiger partial charge in [0.25, 0.3) is 0 Å². The van der Waals surface area contributed by atoms with Gasteiger partial charge in [-0.15, -0.1) is 0 Å². The first-order valence-corrected chi connectivity index (χ1v) is 6.77. The number of hydrogen-bond donors (Lipinski definition) is 1. The van der Waals surface area contributed by atoms with Crippen molar-refractivity contribution in [3.05, 3.63) is 0 Å². The first kappa shape index (κ1) is 13.0. The van der Waals surface area contributed by atoms with E-state index in [1.807, 2.05) is 0 Å². The molecule has 2 heteroatoms. The fourth-order valence-electron chi connectivity index (χ4n) is 2.90. The molecule has 0 spiro atoms. The van der Waals surface area contributed by atoms with Crippen LogP contribution >= 0.6 is 0 Å². The van der Waals surface area contributed by atoms with E-state index in [1.54, 1.807) is 0 Å². The molecule has 0 aromatic rings. The summed E-state index contributed by atoms with van der Waals surface area (Å²) in [5.41, 5.74) is 5.84. The fourth-order valence-corrected chi connectivity index (χ4v) is 2.90. The second kappa shape index (κ2) is 7.24. The molecular weight excluding hydrogens is 184 g/mol. The third-order valence-corrected chi connectivity index (χ3v) is 3.85. The van der Waals surface area contributed by atoms with Gasteiger partial charge in [0.2, 0.25) is 0 Å². The smallest absolute Gasteiger partial charge is 0.0135 e. The second-order valence-electron chi connectivity index (χ2n) is 4.83. The second-order valence-corrected chi connectivity index (χ2v) is 4.83. The van der Waals surface area contributed by atoms with Crippen molar-refractivity contribution in [3.8, 4) is 0 Å². The van der Waals surface area contributed by atoms with Gasteiger partial charge in [-0.3, -0.25) is 0 Å². The molecular formula is C13H28N2. The van der Waals surface area contributed by atoms with Crippen LogP contribution in [0.5, 0.6) is 0 Å². The molecule has 0 aliphatic heterocycles. The third kappa shape index (κ3) is 3.76. The molecule has 0 aromatic carbocycles. The van der Waals surface area contributed by atoms with Crippen LogP contribution in [-0.2, 0) is 0 Å². The largest absolute Gasteiger partial charge is 0.330 e. The quantitative estimate of drug-likeness (QED) is 0.657. The lowest BCUT2D eigenvalue weighted by molar-refractivity contribution is 0.167. The maximum absolute atomic E-state index is 5.84. The van der Waals surface area contributed by atoms with Crippen molar-refractivity contribution in [2.45, 2.75) is 58.4 Å². The van der Waals surface area contributed by atoms with Gasteiger partial charge in [0.1, 0.15) is 0 Å². The monoisotopic (exact) mass is 212 g/mol. The fraction of sp³-hybridized carbons (Fsp3) is 1.00. The molecule has 15 heavy (non-hydrogen) atoms. The van der Waals surface area contributed by atoms with Gasteiger partial charge in [-0.25, -0.2) is 0 Å². The number of nitrogens with two attached hydrogens (primary N) is 1. The summed E-state index contributed by atoms with van der Waals surface area (Å²) in [5, 5.41) is 0. The average Bonchev–Trinajstić information content (AvgIpc) is 2.72. The lowest BCUT2D eigenvalue weighted by Gasteiger charge is -2.31. The van der Waals surface area contributed by atoms with Crippen LogP contribution in [0.1, 0.15) is 52.4 Å². The molecule has 0 bridgehead atoms. The Bertz CT molecular complexity index is 159. The Kier molecular flexibility index (Phi) is 6.26. The van der Waals surface area contributed by atoms with Gasteiger partial charge < -0.3 is 10.6 Å². The van der Waals surface area contributed by atoms with Crippen molar-refractivity contribution in [2.75, 3.05) is 19.6 Å². The molecule has 0 amide bonds. The van der Waals surface area contributed by atoms with E-state index in [2.05, 4.69) is 18.7 Å². The Labute approximate surface area is 95.2 Å². The zero-order valence-electron chi connectivity index (χ0n) is 10.5. The Morgan fingerprint density at radius 1 is 1.20 bits per heavy atom. The summed E-state index contributed by atoms with van der Waals surface area (Å²) >= 11 is 0. The van der Waals surface area contributed by atoms with Crippen LogP contribution in [0, 0.1) is 5.92 Å². The Morgan fingerprint density at radius 2 is 2.00 bits per heavy atom. The highest BCUT2D eigenvalue weighted by atomic mass is 15.2. The van der Waals surface area contributed by atoms with E-state index in [0.29, 0.717) is 0 Å². The predicted molar refractivity (Wildman–Crippen MR) is 67.0 cm³/mol. The zero-order chi connectivity index (χ0) is 11.1. The summed E-state index contributed by atoms with van der Waals surface area (Å²) in [4.78, 5) is 2.67. The van der Waals surface area contributed by atoms with E-state index in [4.69, 9.17) is 5.73 Å². The topological polar surface area (TPSA) is 29.3 Å². The minimum absolute atomic E-state index is 0.770. The Hall–Kier alpha value is -0.0800. The van der Waals surface area contributed by atoms with Crippen molar-refractivity contribution in [3.63, 3.8) is 0 Å². The van der Waals surface area contributed by atoms with Crippen molar-refractivity contribution in [1.82, 2.24) is 4.90 Å². The highest BCUT2D eigenvalue weighted by Crippen LogP contribution is 2.29. The first-order valence-electron chi connectivity index (χ1n) is 6.77. The molecule has 2 atom stereocenters. The minimum Gasteiger partial charge on any atom is -0.330 e. The van der Waals surface area contributed by atoms with Gasteiger partial charge >= 0.3 is 0 Å². The van der Waals surface area contributed by atoms with Crippen molar-refractivity contribution in [1.29, 1.82) is 0 Å². The van der Waals surface area contributed by atoms with E-state index >= 15 is 0 Å². The van der Waals surface area contributed by atoms with Gasteiger partial charge in [0.05, 0.1) is 0 Å². The Balaban J connectivity index is 2.35. The van der Waals surface area contributed by atoms with Crippen molar-refractivity contribution < 1.29 is 0 Å². The third-order valence-electron chi connectivity index (χ3n) is 3.85. The van der Waals surface area contributed by atoms with Crippen LogP contribution in [0.3, 0.4) is 0 Å². The summed E-state index contributed by atoms with van der Waals surface area (Å²) in [6, 6.07) is 0.789. The number of unbranched alkanes of at least 4 members (excludes halogenated alkanes) is 2. The van der Waals surface area contributed by atoms with E-state index in [1.165, 1.54) is 51.6 Å². The van der Waals surface area contributed by atoms with Crippen LogP contribution in [0.25, 0.3) is 0 Å². The average molecular weight is 212 g/mol. The van der Waals surface area contributed by atoms with Crippen LogP contribution in [0.15, 0.2) is 0 Å². The molecule has 2 nitrogen and oxygen atoms in total. The van der Waals surface area contributed by atoms with Gasteiger partial charge in [-0.1, -0.05) is 33.1 Å². The maximum atomic E-state index is 5.84. The lowest BCUT2D eigenvalue weighted by atomic mass is 10.0.